The number of carbonyl (C=O) groups is 1. The van der Waals surface area contributed by atoms with Crippen LogP contribution >= 0.6 is 24.8 Å². The number of carbonyl (C=O) groups excluding carboxylic acids is 1. The highest BCUT2D eigenvalue weighted by Crippen LogP contribution is 2.39. The fourth-order valence-corrected chi connectivity index (χ4v) is 6.18. The van der Waals surface area contributed by atoms with Gasteiger partial charge in [0.05, 0.1) is 31.1 Å². The Labute approximate surface area is 240 Å². The van der Waals surface area contributed by atoms with Gasteiger partial charge in [0.15, 0.2) is 0 Å². The predicted octanol–water partition coefficient (Wildman–Crippen LogP) is 2.14. The Morgan fingerprint density at radius 1 is 1.18 bits per heavy atom. The molecule has 2 saturated heterocycles. The molecule has 0 bridgehead atoms. The number of nitrogens with one attached hydrogen (secondary N) is 1. The summed E-state index contributed by atoms with van der Waals surface area (Å²) in [7, 11) is 0. The Morgan fingerprint density at radius 3 is 2.47 bits per heavy atom. The van der Waals surface area contributed by atoms with Gasteiger partial charge in [0, 0.05) is 61.3 Å². The molecule has 0 unspecified atom stereocenters. The molecule has 1 aromatic heterocycles. The third kappa shape index (κ3) is 6.67. The number of hydrogen-bond donors (Lipinski definition) is 2. The van der Waals surface area contributed by atoms with E-state index in [0.717, 1.165) is 57.1 Å². The van der Waals surface area contributed by atoms with Crippen molar-refractivity contribution in [2.75, 3.05) is 56.7 Å². The predicted molar refractivity (Wildman–Crippen MR) is 159 cm³/mol. The third-order valence-electron chi connectivity index (χ3n) is 8.21. The number of unbranched alkanes of at least 4 members (excludes halogenated alkanes) is 1. The van der Waals surface area contributed by atoms with E-state index in [2.05, 4.69) is 56.7 Å². The van der Waals surface area contributed by atoms with Crippen molar-refractivity contribution < 1.29 is 9.53 Å². The minimum Gasteiger partial charge on any atom is -0.378 e. The molecule has 0 spiro atoms. The number of rotatable bonds is 7. The summed E-state index contributed by atoms with van der Waals surface area (Å²) in [6.45, 7) is 17.8. The molecule has 1 amide bonds. The van der Waals surface area contributed by atoms with E-state index < -0.39 is 5.41 Å². The van der Waals surface area contributed by atoms with E-state index in [9.17, 15) is 9.59 Å². The van der Waals surface area contributed by atoms with Crippen molar-refractivity contribution in [2.45, 2.75) is 90.4 Å². The van der Waals surface area contributed by atoms with Gasteiger partial charge in [0.1, 0.15) is 0 Å². The smallest absolute Gasteiger partial charge is 0.272 e. The van der Waals surface area contributed by atoms with Gasteiger partial charge in [-0.1, -0.05) is 27.2 Å². The van der Waals surface area contributed by atoms with Crippen LogP contribution in [-0.4, -0.2) is 90.5 Å². The number of nitrogen functional groups attached to an aromatic ring is 1. The van der Waals surface area contributed by atoms with Gasteiger partial charge in [-0.3, -0.25) is 19.4 Å². The van der Waals surface area contributed by atoms with Crippen LogP contribution in [0, 0.1) is 0 Å². The first kappa shape index (κ1) is 32.8. The Balaban J connectivity index is 0.00000253. The largest absolute Gasteiger partial charge is 0.378 e. The monoisotopic (exact) mass is 574 g/mol. The van der Waals surface area contributed by atoms with Gasteiger partial charge in [-0.2, -0.15) is 0 Å². The van der Waals surface area contributed by atoms with Crippen LogP contribution in [0.4, 0.5) is 5.69 Å². The number of anilines is 1. The van der Waals surface area contributed by atoms with Crippen molar-refractivity contribution in [1.82, 2.24) is 19.8 Å². The fourth-order valence-electron chi connectivity index (χ4n) is 6.18. The van der Waals surface area contributed by atoms with Crippen LogP contribution in [0.5, 0.6) is 0 Å². The first-order valence-corrected chi connectivity index (χ1v) is 13.7. The lowest BCUT2D eigenvalue weighted by Gasteiger charge is -2.46. The standard InChI is InChI=1S/C27H46N6O3.2ClH/c1-7-8-9-21-10-23-25(33(28)26(21)35)27(5,6)17-32(23)24(34)14-30-12-18(2)29-11-22(30)13-31-19(3)15-36-16-20(31)4;;/h10,18-20,22,29H,7-9,11-17,28H2,1-6H3;2*1H/t18-,19-,20-,22-;;/m1../s1. The van der Waals surface area contributed by atoms with Gasteiger partial charge in [0.25, 0.3) is 5.56 Å². The quantitative estimate of drug-likeness (QED) is 0.481. The molecule has 4 rings (SSSR count). The van der Waals surface area contributed by atoms with Gasteiger partial charge in [0.2, 0.25) is 5.91 Å². The molecule has 3 N–H and O–H groups in total. The van der Waals surface area contributed by atoms with Gasteiger partial charge >= 0.3 is 0 Å². The zero-order valence-corrected chi connectivity index (χ0v) is 25.5. The number of amides is 1. The highest BCUT2D eigenvalue weighted by atomic mass is 35.5. The minimum atomic E-state index is -0.392. The van der Waals surface area contributed by atoms with Gasteiger partial charge in [-0.15, -0.1) is 24.8 Å². The van der Waals surface area contributed by atoms with Crippen molar-refractivity contribution in [3.8, 4) is 0 Å². The molecule has 4 atom stereocenters. The van der Waals surface area contributed by atoms with E-state index >= 15 is 0 Å². The van der Waals surface area contributed by atoms with Crippen LogP contribution in [0.1, 0.15) is 65.6 Å². The van der Waals surface area contributed by atoms with Gasteiger partial charge < -0.3 is 20.8 Å². The number of nitrogens with zero attached hydrogens (tertiary/aromatic N) is 4. The molecule has 11 heteroatoms. The summed E-state index contributed by atoms with van der Waals surface area (Å²) >= 11 is 0. The maximum Gasteiger partial charge on any atom is 0.272 e. The first-order valence-electron chi connectivity index (χ1n) is 13.7. The highest BCUT2D eigenvalue weighted by molar-refractivity contribution is 5.97. The zero-order chi connectivity index (χ0) is 26.2. The van der Waals surface area contributed by atoms with Gasteiger partial charge in [-0.05, 0) is 39.7 Å². The normalized spacial score (nSPS) is 27.4. The SMILES string of the molecule is CCCCc1cc2c(n(N)c1=O)C(C)(C)CN2C(=O)CN1C[C@@H](C)NC[C@@H]1CN1[C@H](C)COC[C@H]1C.Cl.Cl. The molecule has 218 valence electrons. The second-order valence-corrected chi connectivity index (χ2v) is 11.9. The maximum atomic E-state index is 13.9. The van der Waals surface area contributed by atoms with Crippen LogP contribution in [-0.2, 0) is 21.4 Å². The average Bonchev–Trinajstić information content (AvgIpc) is 3.09. The molecule has 4 heterocycles. The lowest BCUT2D eigenvalue weighted by Crippen LogP contribution is -2.63. The minimum absolute atomic E-state index is 0. The number of aryl methyl sites for hydroxylation is 1. The lowest BCUT2D eigenvalue weighted by molar-refractivity contribution is -0.121. The number of fused-ring (bicyclic) bond motifs is 1. The van der Waals surface area contributed by atoms with Gasteiger partial charge in [-0.25, -0.2) is 4.68 Å². The van der Waals surface area contributed by atoms with E-state index in [4.69, 9.17) is 10.6 Å². The number of hydrogen-bond acceptors (Lipinski definition) is 7. The molecule has 0 aliphatic carbocycles. The summed E-state index contributed by atoms with van der Waals surface area (Å²) in [5, 5.41) is 3.61. The Morgan fingerprint density at radius 2 is 1.84 bits per heavy atom. The first-order chi connectivity index (χ1) is 17.0. The molecule has 0 aromatic carbocycles. The number of morpholine rings is 1. The maximum absolute atomic E-state index is 13.9. The number of piperazine rings is 1. The summed E-state index contributed by atoms with van der Waals surface area (Å²) in [4.78, 5) is 33.5. The van der Waals surface area contributed by atoms with Crippen LogP contribution in [0.3, 0.4) is 0 Å². The topological polar surface area (TPSA) is 96.1 Å². The number of halogens is 2. The Bertz CT molecular complexity index is 1010. The number of aromatic nitrogens is 1. The van der Waals surface area contributed by atoms with Crippen LogP contribution < -0.4 is 21.6 Å². The molecule has 0 radical (unpaired) electrons. The summed E-state index contributed by atoms with van der Waals surface area (Å²) in [6, 6.07) is 3.22. The Kier molecular flexibility index (Phi) is 11.5. The molecule has 2 fully saturated rings. The number of nitrogens with two attached hydrogens (primary N) is 1. The van der Waals surface area contributed by atoms with Crippen molar-refractivity contribution in [2.24, 2.45) is 0 Å². The molecular weight excluding hydrogens is 527 g/mol. The van der Waals surface area contributed by atoms with Crippen molar-refractivity contribution in [3.63, 3.8) is 0 Å². The van der Waals surface area contributed by atoms with Crippen molar-refractivity contribution >= 4 is 36.4 Å². The summed E-state index contributed by atoms with van der Waals surface area (Å²) in [5.74, 6) is 6.40. The van der Waals surface area contributed by atoms with Crippen LogP contribution in [0.15, 0.2) is 10.9 Å². The summed E-state index contributed by atoms with van der Waals surface area (Å²) in [5.41, 5.74) is 1.71. The van der Waals surface area contributed by atoms with Crippen molar-refractivity contribution in [1.29, 1.82) is 0 Å². The van der Waals surface area contributed by atoms with E-state index in [1.54, 1.807) is 0 Å². The lowest BCUT2D eigenvalue weighted by atomic mass is 9.90. The molecule has 0 saturated carbocycles. The second-order valence-electron chi connectivity index (χ2n) is 11.9. The second kappa shape index (κ2) is 13.3. The Hall–Kier alpha value is -1.36. The van der Waals surface area contributed by atoms with E-state index in [-0.39, 0.29) is 42.3 Å². The third-order valence-corrected chi connectivity index (χ3v) is 8.21. The molecular formula is C27H48Cl2N6O3. The van der Waals surface area contributed by atoms with E-state index in [1.807, 2.05) is 11.0 Å². The molecule has 3 aliphatic rings. The summed E-state index contributed by atoms with van der Waals surface area (Å²) < 4.78 is 7.02. The average molecular weight is 576 g/mol. The molecule has 38 heavy (non-hydrogen) atoms. The van der Waals surface area contributed by atoms with E-state index in [1.165, 1.54) is 4.68 Å². The van der Waals surface area contributed by atoms with Crippen molar-refractivity contribution in [3.05, 3.63) is 27.7 Å². The zero-order valence-electron chi connectivity index (χ0n) is 23.9. The van der Waals surface area contributed by atoms with E-state index in [0.29, 0.717) is 43.2 Å². The fraction of sp³-hybridized carbons (Fsp3) is 0.778. The molecule has 9 nitrogen and oxygen atoms in total. The number of ether oxygens (including phenoxy) is 1. The van der Waals surface area contributed by atoms with Crippen LogP contribution in [0.2, 0.25) is 0 Å². The number of pyridine rings is 1. The molecule has 3 aliphatic heterocycles. The molecule has 1 aromatic rings. The summed E-state index contributed by atoms with van der Waals surface area (Å²) in [6.07, 6.45) is 2.60. The highest BCUT2D eigenvalue weighted by Gasteiger charge is 2.42. The van der Waals surface area contributed by atoms with Crippen LogP contribution in [0.25, 0.3) is 0 Å².